The Balaban J connectivity index is 1.28. The number of aryl methyl sites for hydroxylation is 1. The minimum absolute atomic E-state index is 0.688. The van der Waals surface area contributed by atoms with Gasteiger partial charge in [-0.2, -0.15) is 4.98 Å². The molecule has 0 amide bonds. The molecule has 0 saturated carbocycles. The second kappa shape index (κ2) is 8.12. The third kappa shape index (κ3) is 4.20. The van der Waals surface area contributed by atoms with Crippen molar-refractivity contribution >= 4 is 11.3 Å². The predicted octanol–water partition coefficient (Wildman–Crippen LogP) is 3.47. The SMILES string of the molecule is Cc1ccccc1-c1noc(CN2CCN(CCc3cccs3)CC2)n1. The number of nitrogens with zero attached hydrogens (tertiary/aromatic N) is 4. The Kier molecular flexibility index (Phi) is 5.43. The first-order valence-electron chi connectivity index (χ1n) is 9.13. The Bertz CT molecular complexity index is 822. The molecule has 0 bridgehead atoms. The van der Waals surface area contributed by atoms with Crippen molar-refractivity contribution in [3.05, 3.63) is 58.1 Å². The van der Waals surface area contributed by atoms with Crippen LogP contribution in [0.4, 0.5) is 0 Å². The van der Waals surface area contributed by atoms with E-state index < -0.39 is 0 Å². The zero-order valence-corrected chi connectivity index (χ0v) is 15.9. The van der Waals surface area contributed by atoms with Crippen LogP contribution in [0.3, 0.4) is 0 Å². The molecule has 1 fully saturated rings. The molecule has 2 aromatic heterocycles. The standard InChI is InChI=1S/C20H24N4OS/c1-16-5-2-3-7-18(16)20-21-19(25-22-20)15-24-12-10-23(11-13-24)9-8-17-6-4-14-26-17/h2-7,14H,8-13,15H2,1H3. The summed E-state index contributed by atoms with van der Waals surface area (Å²) in [5, 5.41) is 6.32. The minimum Gasteiger partial charge on any atom is -0.338 e. The van der Waals surface area contributed by atoms with Gasteiger partial charge in [-0.25, -0.2) is 0 Å². The molecule has 3 heterocycles. The van der Waals surface area contributed by atoms with Crippen molar-refractivity contribution in [1.82, 2.24) is 19.9 Å². The van der Waals surface area contributed by atoms with E-state index in [4.69, 9.17) is 4.52 Å². The summed E-state index contributed by atoms with van der Waals surface area (Å²) in [7, 11) is 0. The second-order valence-electron chi connectivity index (χ2n) is 6.77. The average Bonchev–Trinajstić information content (AvgIpc) is 3.34. The highest BCUT2D eigenvalue weighted by molar-refractivity contribution is 7.09. The lowest BCUT2D eigenvalue weighted by Gasteiger charge is -2.33. The molecule has 1 aliphatic heterocycles. The molecule has 4 rings (SSSR count). The van der Waals surface area contributed by atoms with Crippen LogP contribution in [0.5, 0.6) is 0 Å². The molecule has 0 unspecified atom stereocenters. The molecule has 3 aromatic rings. The fourth-order valence-corrected chi connectivity index (χ4v) is 4.04. The topological polar surface area (TPSA) is 45.4 Å². The highest BCUT2D eigenvalue weighted by Gasteiger charge is 2.19. The van der Waals surface area contributed by atoms with Crippen LogP contribution < -0.4 is 0 Å². The molecule has 26 heavy (non-hydrogen) atoms. The van der Waals surface area contributed by atoms with Gasteiger partial charge in [0, 0.05) is 43.2 Å². The van der Waals surface area contributed by atoms with Crippen molar-refractivity contribution in [1.29, 1.82) is 0 Å². The summed E-state index contributed by atoms with van der Waals surface area (Å²) in [6.07, 6.45) is 1.15. The lowest BCUT2D eigenvalue weighted by molar-refractivity contribution is 0.118. The van der Waals surface area contributed by atoms with E-state index in [9.17, 15) is 0 Å². The van der Waals surface area contributed by atoms with E-state index >= 15 is 0 Å². The monoisotopic (exact) mass is 368 g/mol. The summed E-state index contributed by atoms with van der Waals surface area (Å²) < 4.78 is 5.49. The normalized spacial score (nSPS) is 16.2. The molecule has 0 radical (unpaired) electrons. The van der Waals surface area contributed by atoms with Crippen molar-refractivity contribution < 1.29 is 4.52 Å². The van der Waals surface area contributed by atoms with Gasteiger partial charge in [-0.3, -0.25) is 4.90 Å². The third-order valence-corrected chi connectivity index (χ3v) is 5.87. The van der Waals surface area contributed by atoms with Crippen molar-refractivity contribution in [2.24, 2.45) is 0 Å². The van der Waals surface area contributed by atoms with E-state index in [1.807, 2.05) is 29.5 Å². The number of thiophene rings is 1. The first-order chi connectivity index (χ1) is 12.8. The van der Waals surface area contributed by atoms with Gasteiger partial charge in [0.25, 0.3) is 0 Å². The Labute approximate surface area is 158 Å². The quantitative estimate of drug-likeness (QED) is 0.667. The van der Waals surface area contributed by atoms with E-state index in [0.717, 1.165) is 51.3 Å². The smallest absolute Gasteiger partial charge is 0.241 e. The van der Waals surface area contributed by atoms with Crippen molar-refractivity contribution in [3.8, 4) is 11.4 Å². The van der Waals surface area contributed by atoms with Gasteiger partial charge in [-0.1, -0.05) is 35.5 Å². The van der Waals surface area contributed by atoms with Crippen molar-refractivity contribution in [2.75, 3.05) is 32.7 Å². The van der Waals surface area contributed by atoms with Crippen LogP contribution in [-0.4, -0.2) is 52.7 Å². The largest absolute Gasteiger partial charge is 0.338 e. The molecule has 6 heteroatoms. The number of hydrogen-bond donors (Lipinski definition) is 0. The average molecular weight is 369 g/mol. The molecule has 1 aromatic carbocycles. The molecular formula is C20H24N4OS. The summed E-state index contributed by atoms with van der Waals surface area (Å²) in [5.74, 6) is 1.39. The summed E-state index contributed by atoms with van der Waals surface area (Å²) in [6, 6.07) is 12.5. The number of rotatable bonds is 6. The van der Waals surface area contributed by atoms with Crippen LogP contribution >= 0.6 is 11.3 Å². The Morgan fingerprint density at radius 1 is 1.04 bits per heavy atom. The predicted molar refractivity (Wildman–Crippen MR) is 104 cm³/mol. The molecule has 0 spiro atoms. The second-order valence-corrected chi connectivity index (χ2v) is 7.81. The number of piperazine rings is 1. The van der Waals surface area contributed by atoms with Crippen LogP contribution in [0.15, 0.2) is 46.3 Å². The third-order valence-electron chi connectivity index (χ3n) is 4.93. The van der Waals surface area contributed by atoms with E-state index in [1.165, 1.54) is 10.4 Å². The minimum atomic E-state index is 0.688. The Morgan fingerprint density at radius 2 is 1.85 bits per heavy atom. The zero-order valence-electron chi connectivity index (χ0n) is 15.1. The highest BCUT2D eigenvalue weighted by Crippen LogP contribution is 2.20. The van der Waals surface area contributed by atoms with Crippen LogP contribution in [-0.2, 0) is 13.0 Å². The van der Waals surface area contributed by atoms with Crippen LogP contribution in [0.1, 0.15) is 16.3 Å². The van der Waals surface area contributed by atoms with Gasteiger partial charge >= 0.3 is 0 Å². The lowest BCUT2D eigenvalue weighted by atomic mass is 10.1. The zero-order chi connectivity index (χ0) is 17.8. The maximum atomic E-state index is 5.49. The first kappa shape index (κ1) is 17.4. The molecule has 0 aliphatic carbocycles. The first-order valence-corrected chi connectivity index (χ1v) is 10.0. The Morgan fingerprint density at radius 3 is 2.62 bits per heavy atom. The van der Waals surface area contributed by atoms with E-state index in [0.29, 0.717) is 11.7 Å². The number of aromatic nitrogens is 2. The molecule has 1 aliphatic rings. The number of hydrogen-bond acceptors (Lipinski definition) is 6. The maximum Gasteiger partial charge on any atom is 0.241 e. The summed E-state index contributed by atoms with van der Waals surface area (Å²) >= 11 is 1.85. The van der Waals surface area contributed by atoms with E-state index in [1.54, 1.807) is 0 Å². The fourth-order valence-electron chi connectivity index (χ4n) is 3.34. The summed E-state index contributed by atoms with van der Waals surface area (Å²) in [6.45, 7) is 8.25. The van der Waals surface area contributed by atoms with Gasteiger partial charge in [0.15, 0.2) is 0 Å². The van der Waals surface area contributed by atoms with Gasteiger partial charge in [0.05, 0.1) is 6.54 Å². The molecule has 0 N–H and O–H groups in total. The Hall–Kier alpha value is -2.02. The lowest BCUT2D eigenvalue weighted by Crippen LogP contribution is -2.46. The van der Waals surface area contributed by atoms with E-state index in [-0.39, 0.29) is 0 Å². The highest BCUT2D eigenvalue weighted by atomic mass is 32.1. The van der Waals surface area contributed by atoms with Gasteiger partial charge < -0.3 is 9.42 Å². The van der Waals surface area contributed by atoms with Gasteiger partial charge in [-0.15, -0.1) is 11.3 Å². The van der Waals surface area contributed by atoms with Gasteiger partial charge in [0.2, 0.25) is 11.7 Å². The van der Waals surface area contributed by atoms with Crippen molar-refractivity contribution in [3.63, 3.8) is 0 Å². The van der Waals surface area contributed by atoms with Crippen LogP contribution in [0.2, 0.25) is 0 Å². The summed E-state index contributed by atoms with van der Waals surface area (Å²) in [5.41, 5.74) is 2.21. The molecule has 5 nitrogen and oxygen atoms in total. The molecule has 1 saturated heterocycles. The maximum absolute atomic E-state index is 5.49. The van der Waals surface area contributed by atoms with Crippen molar-refractivity contribution in [2.45, 2.75) is 19.9 Å². The number of benzene rings is 1. The van der Waals surface area contributed by atoms with Gasteiger partial charge in [0.1, 0.15) is 0 Å². The fraction of sp³-hybridized carbons (Fsp3) is 0.400. The molecule has 0 atom stereocenters. The molecular weight excluding hydrogens is 344 g/mol. The van der Waals surface area contributed by atoms with E-state index in [2.05, 4.69) is 50.4 Å². The van der Waals surface area contributed by atoms with Crippen LogP contribution in [0, 0.1) is 6.92 Å². The summed E-state index contributed by atoms with van der Waals surface area (Å²) in [4.78, 5) is 11.0. The molecule has 136 valence electrons. The van der Waals surface area contributed by atoms with Gasteiger partial charge in [-0.05, 0) is 30.4 Å². The van der Waals surface area contributed by atoms with Crippen LogP contribution in [0.25, 0.3) is 11.4 Å².